The van der Waals surface area contributed by atoms with Gasteiger partial charge < -0.3 is 10.3 Å². The molecule has 2 aromatic rings. The van der Waals surface area contributed by atoms with Crippen LogP contribution in [-0.4, -0.2) is 28.0 Å². The van der Waals surface area contributed by atoms with E-state index in [-0.39, 0.29) is 5.41 Å². The zero-order valence-corrected chi connectivity index (χ0v) is 11.0. The number of aromatic nitrogens is 3. The molecule has 18 heavy (non-hydrogen) atoms. The normalized spacial score (nSPS) is 21.3. The molecule has 0 bridgehead atoms. The number of hydrogen-bond acceptors (Lipinski definition) is 3. The zero-order valence-electron chi connectivity index (χ0n) is 11.0. The summed E-state index contributed by atoms with van der Waals surface area (Å²) in [4.78, 5) is 12.3. The minimum Gasteiger partial charge on any atom is -0.340 e. The number of nitrogens with one attached hydrogen (secondary N) is 2. The number of aromatic amines is 1. The van der Waals surface area contributed by atoms with E-state index in [0.29, 0.717) is 5.92 Å². The van der Waals surface area contributed by atoms with Crippen molar-refractivity contribution < 1.29 is 0 Å². The largest absolute Gasteiger partial charge is 0.340 e. The van der Waals surface area contributed by atoms with Crippen molar-refractivity contribution in [1.29, 1.82) is 0 Å². The molecule has 0 aliphatic carbocycles. The summed E-state index contributed by atoms with van der Waals surface area (Å²) in [6, 6.07) is 1.96. The van der Waals surface area contributed by atoms with Crippen LogP contribution in [0.3, 0.4) is 0 Å². The second kappa shape index (κ2) is 4.35. The molecule has 0 saturated carbocycles. The Labute approximate surface area is 107 Å². The minimum atomic E-state index is 0.0758. The Hall–Kier alpha value is -1.42. The number of H-pyrrole nitrogens is 1. The highest BCUT2D eigenvalue weighted by Crippen LogP contribution is 2.34. The van der Waals surface area contributed by atoms with Crippen LogP contribution >= 0.6 is 0 Å². The van der Waals surface area contributed by atoms with E-state index in [4.69, 9.17) is 4.98 Å². The van der Waals surface area contributed by atoms with Crippen molar-refractivity contribution in [1.82, 2.24) is 20.3 Å². The summed E-state index contributed by atoms with van der Waals surface area (Å²) in [5.41, 5.74) is 2.12. The molecule has 4 nitrogen and oxygen atoms in total. The Morgan fingerprint density at radius 1 is 1.39 bits per heavy atom. The van der Waals surface area contributed by atoms with E-state index in [1.165, 1.54) is 12.8 Å². The van der Waals surface area contributed by atoms with Gasteiger partial charge in [0.2, 0.25) is 0 Å². The highest BCUT2D eigenvalue weighted by atomic mass is 15.0. The van der Waals surface area contributed by atoms with E-state index >= 15 is 0 Å². The van der Waals surface area contributed by atoms with Crippen LogP contribution in [0.4, 0.5) is 0 Å². The number of nitrogens with zero attached hydrogens (tertiary/aromatic N) is 2. The molecule has 1 atom stereocenters. The van der Waals surface area contributed by atoms with Crippen LogP contribution in [0.5, 0.6) is 0 Å². The first kappa shape index (κ1) is 11.7. The highest BCUT2D eigenvalue weighted by Gasteiger charge is 2.34. The average Bonchev–Trinajstić information content (AvgIpc) is 2.84. The Bertz CT molecular complexity index is 504. The van der Waals surface area contributed by atoms with Crippen molar-refractivity contribution in [3.05, 3.63) is 24.3 Å². The first-order valence-corrected chi connectivity index (χ1v) is 6.69. The van der Waals surface area contributed by atoms with Gasteiger partial charge in [0.1, 0.15) is 5.82 Å². The maximum atomic E-state index is 4.74. The number of piperidine rings is 1. The van der Waals surface area contributed by atoms with Crippen LogP contribution in [-0.2, 0) is 5.41 Å². The Balaban J connectivity index is 1.96. The topological polar surface area (TPSA) is 53.6 Å². The average molecular weight is 244 g/mol. The van der Waals surface area contributed by atoms with Crippen LogP contribution in [0.2, 0.25) is 0 Å². The second-order valence-electron chi connectivity index (χ2n) is 5.74. The van der Waals surface area contributed by atoms with Gasteiger partial charge in [-0.05, 0) is 37.9 Å². The number of hydrogen-bond donors (Lipinski definition) is 2. The Kier molecular flexibility index (Phi) is 2.82. The van der Waals surface area contributed by atoms with Crippen molar-refractivity contribution in [2.75, 3.05) is 13.1 Å². The molecule has 0 aromatic carbocycles. The molecule has 3 rings (SSSR count). The van der Waals surface area contributed by atoms with E-state index in [9.17, 15) is 0 Å². The van der Waals surface area contributed by atoms with Crippen LogP contribution in [0.1, 0.15) is 32.5 Å². The number of fused-ring (bicyclic) bond motifs is 1. The molecule has 4 heteroatoms. The van der Waals surface area contributed by atoms with Crippen LogP contribution in [0.15, 0.2) is 18.5 Å². The summed E-state index contributed by atoms with van der Waals surface area (Å²) in [5, 5.41) is 3.49. The summed E-state index contributed by atoms with van der Waals surface area (Å²) in [5.74, 6) is 1.72. The van der Waals surface area contributed by atoms with Gasteiger partial charge in [-0.3, -0.25) is 4.98 Å². The monoisotopic (exact) mass is 244 g/mol. The quantitative estimate of drug-likeness (QED) is 0.851. The molecule has 2 N–H and O–H groups in total. The molecule has 1 saturated heterocycles. The third-order valence-corrected chi connectivity index (χ3v) is 4.21. The van der Waals surface area contributed by atoms with Gasteiger partial charge in [0.25, 0.3) is 0 Å². The van der Waals surface area contributed by atoms with Crippen molar-refractivity contribution in [3.8, 4) is 0 Å². The van der Waals surface area contributed by atoms with Crippen LogP contribution < -0.4 is 5.32 Å². The van der Waals surface area contributed by atoms with E-state index in [1.54, 1.807) is 6.20 Å². The number of rotatable bonds is 2. The van der Waals surface area contributed by atoms with Gasteiger partial charge >= 0.3 is 0 Å². The van der Waals surface area contributed by atoms with Gasteiger partial charge in [0.05, 0.1) is 17.2 Å². The molecule has 1 unspecified atom stereocenters. The predicted molar refractivity (Wildman–Crippen MR) is 72.5 cm³/mol. The van der Waals surface area contributed by atoms with E-state index in [1.807, 2.05) is 12.3 Å². The second-order valence-corrected chi connectivity index (χ2v) is 5.74. The lowest BCUT2D eigenvalue weighted by molar-refractivity contribution is 0.243. The maximum absolute atomic E-state index is 4.74. The number of pyridine rings is 1. The molecular formula is C14H20N4. The van der Waals surface area contributed by atoms with Gasteiger partial charge in [-0.15, -0.1) is 0 Å². The molecule has 0 radical (unpaired) electrons. The summed E-state index contributed by atoms with van der Waals surface area (Å²) < 4.78 is 0. The van der Waals surface area contributed by atoms with Gasteiger partial charge in [0, 0.05) is 11.6 Å². The summed E-state index contributed by atoms with van der Waals surface area (Å²) in [6.45, 7) is 6.81. The fraction of sp³-hybridized carbons (Fsp3) is 0.571. The van der Waals surface area contributed by atoms with Crippen molar-refractivity contribution >= 4 is 11.0 Å². The third kappa shape index (κ3) is 1.90. The van der Waals surface area contributed by atoms with Crippen LogP contribution in [0, 0.1) is 5.92 Å². The molecule has 1 aliphatic rings. The van der Waals surface area contributed by atoms with E-state index in [2.05, 4.69) is 29.1 Å². The Morgan fingerprint density at radius 3 is 3.00 bits per heavy atom. The lowest BCUT2D eigenvalue weighted by Crippen LogP contribution is -2.41. The number of imidazole rings is 1. The molecular weight excluding hydrogens is 224 g/mol. The SMILES string of the molecule is CC(C)(c1nc2ccncc2[nH]1)C1CCCNC1. The summed E-state index contributed by atoms with van der Waals surface area (Å²) in [7, 11) is 0. The lowest BCUT2D eigenvalue weighted by Gasteiger charge is -2.35. The summed E-state index contributed by atoms with van der Waals surface area (Å²) in [6.07, 6.45) is 6.17. The lowest BCUT2D eigenvalue weighted by atomic mass is 9.74. The van der Waals surface area contributed by atoms with Crippen LogP contribution in [0.25, 0.3) is 11.0 Å². The Morgan fingerprint density at radius 2 is 2.28 bits per heavy atom. The molecule has 1 fully saturated rings. The third-order valence-electron chi connectivity index (χ3n) is 4.21. The maximum Gasteiger partial charge on any atom is 0.113 e. The molecule has 3 heterocycles. The first-order valence-electron chi connectivity index (χ1n) is 6.69. The smallest absolute Gasteiger partial charge is 0.113 e. The van der Waals surface area contributed by atoms with Gasteiger partial charge in [-0.2, -0.15) is 0 Å². The van der Waals surface area contributed by atoms with Gasteiger partial charge in [-0.1, -0.05) is 13.8 Å². The molecule has 96 valence electrons. The molecule has 1 aliphatic heterocycles. The van der Waals surface area contributed by atoms with E-state index in [0.717, 1.165) is 29.9 Å². The molecule has 0 amide bonds. The summed E-state index contributed by atoms with van der Waals surface area (Å²) >= 11 is 0. The first-order chi connectivity index (χ1) is 8.68. The molecule has 0 spiro atoms. The van der Waals surface area contributed by atoms with Crippen molar-refractivity contribution in [2.24, 2.45) is 5.92 Å². The van der Waals surface area contributed by atoms with E-state index < -0.39 is 0 Å². The van der Waals surface area contributed by atoms with Crippen molar-refractivity contribution in [3.63, 3.8) is 0 Å². The minimum absolute atomic E-state index is 0.0758. The zero-order chi connectivity index (χ0) is 12.6. The standard InChI is InChI=1S/C14H20N4/c1-14(2,10-4-3-6-15-8-10)13-17-11-5-7-16-9-12(11)18-13/h5,7,9-10,15H,3-4,6,8H2,1-2H3,(H,17,18). The fourth-order valence-electron chi connectivity index (χ4n) is 2.82. The fourth-order valence-corrected chi connectivity index (χ4v) is 2.82. The van der Waals surface area contributed by atoms with Gasteiger partial charge in [0.15, 0.2) is 0 Å². The predicted octanol–water partition coefficient (Wildman–Crippen LogP) is 2.24. The van der Waals surface area contributed by atoms with Crippen molar-refractivity contribution in [2.45, 2.75) is 32.1 Å². The highest BCUT2D eigenvalue weighted by molar-refractivity contribution is 5.73. The van der Waals surface area contributed by atoms with Gasteiger partial charge in [-0.25, -0.2) is 4.98 Å². The molecule has 2 aromatic heterocycles.